The zero-order valence-corrected chi connectivity index (χ0v) is 23.5. The monoisotopic (exact) mass is 631 g/mol. The van der Waals surface area contributed by atoms with Gasteiger partial charge in [0.05, 0.1) is 28.2 Å². The van der Waals surface area contributed by atoms with Crippen LogP contribution >= 0.6 is 11.6 Å². The summed E-state index contributed by atoms with van der Waals surface area (Å²) in [7, 11) is -8.28. The summed E-state index contributed by atoms with van der Waals surface area (Å²) >= 11 is 5.90. The number of nitrogens with zero attached hydrogens (tertiary/aromatic N) is 3. The largest absolute Gasteiger partial charge is 0.397 e. The predicted molar refractivity (Wildman–Crippen MR) is 151 cm³/mol. The van der Waals surface area contributed by atoms with E-state index in [0.717, 1.165) is 12.1 Å². The molecule has 4 aromatic rings. The fraction of sp³-hybridized carbons (Fsp3) is 0.0417. The molecule has 1 aliphatic carbocycles. The van der Waals surface area contributed by atoms with Crippen molar-refractivity contribution in [3.05, 3.63) is 76.1 Å². The molecule has 0 fully saturated rings. The molecule has 216 valence electrons. The van der Waals surface area contributed by atoms with Gasteiger partial charge in [-0.15, -0.1) is 0 Å². The number of carbonyl (C=O) groups is 2. The van der Waals surface area contributed by atoms with Gasteiger partial charge in [0, 0.05) is 23.9 Å². The highest BCUT2D eigenvalue weighted by Gasteiger charge is 2.36. The van der Waals surface area contributed by atoms with Crippen LogP contribution < -0.4 is 21.7 Å². The van der Waals surface area contributed by atoms with Crippen LogP contribution in [0.3, 0.4) is 0 Å². The van der Waals surface area contributed by atoms with E-state index in [9.17, 15) is 35.5 Å². The molecule has 0 radical (unpaired) electrons. The second-order valence-corrected chi connectivity index (χ2v) is 11.8. The van der Waals surface area contributed by atoms with E-state index in [1.807, 2.05) is 0 Å². The quantitative estimate of drug-likeness (QED) is 0.112. The molecular formula is C24H18ClN7O8S2. The average Bonchev–Trinajstić information content (AvgIpc) is 2.91. The summed E-state index contributed by atoms with van der Waals surface area (Å²) in [6.07, 6.45) is 0. The lowest BCUT2D eigenvalue weighted by Crippen LogP contribution is -2.25. The minimum atomic E-state index is -4.98. The van der Waals surface area contributed by atoms with Crippen LogP contribution in [0.15, 0.2) is 58.3 Å². The van der Waals surface area contributed by atoms with Crippen LogP contribution in [0.25, 0.3) is 0 Å². The third-order valence-electron chi connectivity index (χ3n) is 6.09. The van der Waals surface area contributed by atoms with Gasteiger partial charge >= 0.3 is 0 Å². The Balaban J connectivity index is 1.68. The second kappa shape index (κ2) is 10.3. The predicted octanol–water partition coefficient (Wildman–Crippen LogP) is 2.90. The SMILES string of the molecule is CNc1nc(Cl)nc(Nc2cc(Nc3cc(S(=O)(=O)O)c(N)c4c3C(=O)c3ccccc3C4=O)ccc2S(=O)(=O)O)n1. The van der Waals surface area contributed by atoms with E-state index in [4.69, 9.17) is 17.3 Å². The Kier molecular flexibility index (Phi) is 7.07. The first-order valence-corrected chi connectivity index (χ1v) is 14.8. The zero-order chi connectivity index (χ0) is 30.6. The van der Waals surface area contributed by atoms with Crippen LogP contribution in [0.2, 0.25) is 5.28 Å². The number of fused-ring (bicyclic) bond motifs is 2. The lowest BCUT2D eigenvalue weighted by Gasteiger charge is -2.24. The third-order valence-corrected chi connectivity index (χ3v) is 8.07. The van der Waals surface area contributed by atoms with Gasteiger partial charge in [-0.2, -0.15) is 31.8 Å². The Morgan fingerprint density at radius 3 is 1.95 bits per heavy atom. The van der Waals surface area contributed by atoms with Gasteiger partial charge in [0.1, 0.15) is 9.79 Å². The Labute approximate surface area is 242 Å². The molecule has 0 saturated heterocycles. The van der Waals surface area contributed by atoms with Crippen molar-refractivity contribution < 1.29 is 35.5 Å². The molecule has 0 saturated carbocycles. The number of aromatic nitrogens is 3. The van der Waals surface area contributed by atoms with Crippen LogP contribution in [-0.4, -0.2) is 59.5 Å². The van der Waals surface area contributed by atoms with Gasteiger partial charge in [-0.3, -0.25) is 18.7 Å². The first-order chi connectivity index (χ1) is 19.7. The first kappa shape index (κ1) is 28.8. The van der Waals surface area contributed by atoms with Gasteiger partial charge in [0.2, 0.25) is 17.2 Å². The van der Waals surface area contributed by atoms with E-state index in [1.54, 1.807) is 0 Å². The molecule has 15 nitrogen and oxygen atoms in total. The summed E-state index contributed by atoms with van der Waals surface area (Å²) in [4.78, 5) is 37.2. The van der Waals surface area contributed by atoms with Crippen molar-refractivity contribution in [2.45, 2.75) is 9.79 Å². The Bertz CT molecular complexity index is 2050. The summed E-state index contributed by atoms with van der Waals surface area (Å²) in [5.41, 5.74) is 4.20. The number of carbonyl (C=O) groups excluding carboxylic acids is 2. The summed E-state index contributed by atoms with van der Waals surface area (Å²) < 4.78 is 68.2. The average molecular weight is 632 g/mol. The van der Waals surface area contributed by atoms with E-state index in [-0.39, 0.29) is 50.9 Å². The number of hydrogen-bond acceptors (Lipinski definition) is 13. The van der Waals surface area contributed by atoms with Crippen molar-refractivity contribution in [1.82, 2.24) is 15.0 Å². The molecule has 0 atom stereocenters. The third kappa shape index (κ3) is 5.21. The molecule has 42 heavy (non-hydrogen) atoms. The van der Waals surface area contributed by atoms with Gasteiger partial charge in [0.15, 0.2) is 11.6 Å². The van der Waals surface area contributed by atoms with E-state index in [2.05, 4.69) is 30.9 Å². The lowest BCUT2D eigenvalue weighted by molar-refractivity contribution is 0.0980. The van der Waals surface area contributed by atoms with E-state index >= 15 is 0 Å². The van der Waals surface area contributed by atoms with Gasteiger partial charge in [-0.25, -0.2) is 0 Å². The van der Waals surface area contributed by atoms with Gasteiger partial charge < -0.3 is 21.7 Å². The molecule has 0 amide bonds. The fourth-order valence-corrected chi connectivity index (χ4v) is 5.76. The summed E-state index contributed by atoms with van der Waals surface area (Å²) in [6, 6.07) is 10.1. The molecule has 1 heterocycles. The number of nitrogens with one attached hydrogen (secondary N) is 3. The number of halogens is 1. The van der Waals surface area contributed by atoms with Gasteiger partial charge in [0.25, 0.3) is 20.2 Å². The summed E-state index contributed by atoms with van der Waals surface area (Å²) in [6.45, 7) is 0. The van der Waals surface area contributed by atoms with Crippen molar-refractivity contribution in [2.75, 3.05) is 28.7 Å². The topological polar surface area (TPSA) is 244 Å². The molecule has 0 unspecified atom stereocenters. The minimum absolute atomic E-state index is 0.0129. The number of hydrogen-bond donors (Lipinski definition) is 6. The molecular weight excluding hydrogens is 614 g/mol. The zero-order valence-electron chi connectivity index (χ0n) is 21.1. The molecule has 18 heteroatoms. The number of rotatable bonds is 7. The molecule has 5 rings (SSSR count). The number of nitrogens with two attached hydrogens (primary N) is 1. The number of nitrogen functional groups attached to an aromatic ring is 1. The van der Waals surface area contributed by atoms with Crippen molar-refractivity contribution in [3.63, 3.8) is 0 Å². The summed E-state index contributed by atoms with van der Waals surface area (Å²) in [5, 5.41) is 7.80. The van der Waals surface area contributed by atoms with Crippen molar-refractivity contribution >= 4 is 78.0 Å². The smallest absolute Gasteiger partial charge is 0.296 e. The highest BCUT2D eigenvalue weighted by atomic mass is 35.5. The molecule has 0 bridgehead atoms. The van der Waals surface area contributed by atoms with Crippen LogP contribution in [0.1, 0.15) is 31.8 Å². The fourth-order valence-electron chi connectivity index (χ4n) is 4.33. The standard InChI is InChI=1S/C24H18ClN7O8S2/c1-27-23-30-22(25)31-24(32-23)29-13-8-10(6-7-15(13)41(35,36)37)28-14-9-16(42(38,39)40)19(26)18-17(14)20(33)11-4-2-3-5-12(11)21(18)34/h2-9,28H,26H2,1H3,(H,35,36,37)(H,38,39,40)(H2,27,29,30,31,32). The van der Waals surface area contributed by atoms with E-state index in [0.29, 0.717) is 0 Å². The van der Waals surface area contributed by atoms with E-state index < -0.39 is 52.8 Å². The molecule has 0 spiro atoms. The van der Waals surface area contributed by atoms with E-state index in [1.165, 1.54) is 43.4 Å². The van der Waals surface area contributed by atoms with Crippen molar-refractivity contribution in [3.8, 4) is 0 Å². The van der Waals surface area contributed by atoms with Crippen LogP contribution in [0.4, 0.5) is 34.6 Å². The van der Waals surface area contributed by atoms with Crippen LogP contribution in [0, 0.1) is 0 Å². The highest BCUT2D eigenvalue weighted by molar-refractivity contribution is 7.86. The van der Waals surface area contributed by atoms with Crippen molar-refractivity contribution in [2.24, 2.45) is 0 Å². The number of benzene rings is 3. The van der Waals surface area contributed by atoms with Gasteiger partial charge in [-0.05, 0) is 35.9 Å². The maximum atomic E-state index is 13.5. The summed E-state index contributed by atoms with van der Waals surface area (Å²) in [5.74, 6) is -1.59. The van der Waals surface area contributed by atoms with Gasteiger partial charge in [-0.1, -0.05) is 24.3 Å². The molecule has 3 aromatic carbocycles. The maximum absolute atomic E-state index is 13.5. The Morgan fingerprint density at radius 1 is 0.762 bits per heavy atom. The molecule has 0 aliphatic heterocycles. The highest BCUT2D eigenvalue weighted by Crippen LogP contribution is 2.40. The van der Waals surface area contributed by atoms with Crippen LogP contribution in [0.5, 0.6) is 0 Å². The Hall–Kier alpha value is -4.68. The number of anilines is 6. The molecule has 1 aromatic heterocycles. The lowest BCUT2D eigenvalue weighted by atomic mass is 9.82. The van der Waals surface area contributed by atoms with Crippen molar-refractivity contribution in [1.29, 1.82) is 0 Å². The maximum Gasteiger partial charge on any atom is 0.296 e. The first-order valence-electron chi connectivity index (χ1n) is 11.6. The number of ketones is 2. The van der Waals surface area contributed by atoms with Crippen LogP contribution in [-0.2, 0) is 20.2 Å². The minimum Gasteiger partial charge on any atom is -0.397 e. The second-order valence-electron chi connectivity index (χ2n) is 8.70. The normalized spacial score (nSPS) is 12.9. The molecule has 1 aliphatic rings. The Morgan fingerprint density at radius 2 is 1.36 bits per heavy atom. The molecule has 7 N–H and O–H groups in total.